The number of ether oxygens (including phenoxy) is 3. The van der Waals surface area contributed by atoms with E-state index in [9.17, 15) is 9.59 Å². The lowest BCUT2D eigenvalue weighted by Crippen LogP contribution is -2.30. The van der Waals surface area contributed by atoms with Crippen molar-refractivity contribution in [3.8, 4) is 11.5 Å². The minimum atomic E-state index is -0.664. The molecule has 1 unspecified atom stereocenters. The van der Waals surface area contributed by atoms with Crippen LogP contribution >= 0.6 is 23.2 Å². The molecule has 0 spiro atoms. The lowest BCUT2D eigenvalue weighted by Gasteiger charge is -2.20. The number of carbonyl (C=O) groups excluding carboxylic acids is 2. The fourth-order valence-corrected chi connectivity index (χ4v) is 3.38. The third kappa shape index (κ3) is 4.69. The van der Waals surface area contributed by atoms with E-state index in [2.05, 4.69) is 5.32 Å². The zero-order valence-corrected chi connectivity index (χ0v) is 16.7. The SMILES string of the molecule is COC(=O)CC(NC(=O)c1cc(Cl)c2c(c1)OCCCO2)c1ccccc1Cl. The number of carbonyl (C=O) groups is 2. The highest BCUT2D eigenvalue weighted by Gasteiger charge is 2.24. The number of fused-ring (bicyclic) bond motifs is 1. The standard InChI is InChI=1S/C20H19Cl2NO5/c1-26-18(24)11-16(13-5-2-3-6-14(13)21)23-20(25)12-9-15(22)19-17(10-12)27-7-4-8-28-19/h2-3,5-6,9-10,16H,4,7-8,11H2,1H3,(H,23,25). The molecule has 148 valence electrons. The van der Waals surface area contributed by atoms with Crippen molar-refractivity contribution in [1.82, 2.24) is 5.32 Å². The quantitative estimate of drug-likeness (QED) is 0.729. The lowest BCUT2D eigenvalue weighted by molar-refractivity contribution is -0.141. The van der Waals surface area contributed by atoms with Gasteiger partial charge in [0.25, 0.3) is 5.91 Å². The summed E-state index contributed by atoms with van der Waals surface area (Å²) in [6.45, 7) is 0.963. The molecule has 0 aromatic heterocycles. The van der Waals surface area contributed by atoms with E-state index in [1.807, 2.05) is 0 Å². The number of methoxy groups -OCH3 is 1. The molecule has 1 aliphatic rings. The molecule has 8 heteroatoms. The highest BCUT2D eigenvalue weighted by Crippen LogP contribution is 2.38. The molecular weight excluding hydrogens is 405 g/mol. The molecule has 1 aliphatic heterocycles. The molecule has 6 nitrogen and oxygen atoms in total. The molecule has 0 saturated heterocycles. The molecule has 1 atom stereocenters. The van der Waals surface area contributed by atoms with Gasteiger partial charge >= 0.3 is 5.97 Å². The average Bonchev–Trinajstić information content (AvgIpc) is 2.93. The van der Waals surface area contributed by atoms with E-state index in [-0.39, 0.29) is 17.0 Å². The van der Waals surface area contributed by atoms with Gasteiger partial charge in [-0.3, -0.25) is 9.59 Å². The van der Waals surface area contributed by atoms with Crippen LogP contribution in [-0.2, 0) is 9.53 Å². The fourth-order valence-electron chi connectivity index (χ4n) is 2.85. The number of hydrogen-bond acceptors (Lipinski definition) is 5. The van der Waals surface area contributed by atoms with Gasteiger partial charge in [0.15, 0.2) is 11.5 Å². The largest absolute Gasteiger partial charge is 0.489 e. The maximum Gasteiger partial charge on any atom is 0.307 e. The van der Waals surface area contributed by atoms with Crippen LogP contribution in [0, 0.1) is 0 Å². The highest BCUT2D eigenvalue weighted by atomic mass is 35.5. The van der Waals surface area contributed by atoms with Crippen LogP contribution in [0.4, 0.5) is 0 Å². The Hall–Kier alpha value is -2.44. The van der Waals surface area contributed by atoms with Crippen LogP contribution in [0.3, 0.4) is 0 Å². The molecule has 0 bridgehead atoms. The average molecular weight is 424 g/mol. The van der Waals surface area contributed by atoms with Crippen molar-refractivity contribution >= 4 is 35.1 Å². The Morgan fingerprint density at radius 2 is 1.89 bits per heavy atom. The van der Waals surface area contributed by atoms with E-state index in [1.54, 1.807) is 30.3 Å². The second-order valence-electron chi connectivity index (χ2n) is 6.16. The van der Waals surface area contributed by atoms with Crippen LogP contribution in [0.15, 0.2) is 36.4 Å². The van der Waals surface area contributed by atoms with Crippen LogP contribution in [0.25, 0.3) is 0 Å². The van der Waals surface area contributed by atoms with Crippen molar-refractivity contribution in [3.63, 3.8) is 0 Å². The van der Waals surface area contributed by atoms with Gasteiger partial charge in [0.05, 0.1) is 37.8 Å². The summed E-state index contributed by atoms with van der Waals surface area (Å²) in [6, 6.07) is 9.41. The molecule has 0 aliphatic carbocycles. The molecule has 1 heterocycles. The summed E-state index contributed by atoms with van der Waals surface area (Å²) in [5.41, 5.74) is 0.902. The minimum Gasteiger partial charge on any atom is -0.489 e. The summed E-state index contributed by atoms with van der Waals surface area (Å²) in [5, 5.41) is 3.55. The third-order valence-electron chi connectivity index (χ3n) is 4.25. The second-order valence-corrected chi connectivity index (χ2v) is 6.98. The van der Waals surface area contributed by atoms with Crippen LogP contribution in [0.2, 0.25) is 10.0 Å². The molecule has 2 aromatic carbocycles. The molecule has 0 saturated carbocycles. The van der Waals surface area contributed by atoms with Gasteiger partial charge in [-0.2, -0.15) is 0 Å². The molecule has 2 aromatic rings. The number of halogens is 2. The predicted octanol–water partition coefficient (Wildman–Crippen LogP) is 4.19. The minimum absolute atomic E-state index is 0.0652. The van der Waals surface area contributed by atoms with Gasteiger partial charge < -0.3 is 19.5 Å². The summed E-state index contributed by atoms with van der Waals surface area (Å²) in [4.78, 5) is 24.7. The first-order valence-electron chi connectivity index (χ1n) is 8.71. The Kier molecular flexibility index (Phi) is 6.65. The van der Waals surface area contributed by atoms with Gasteiger partial charge in [-0.05, 0) is 23.8 Å². The van der Waals surface area contributed by atoms with Crippen molar-refractivity contribution in [2.45, 2.75) is 18.9 Å². The first kappa shape index (κ1) is 20.3. The van der Waals surface area contributed by atoms with E-state index in [1.165, 1.54) is 13.2 Å². The molecule has 0 radical (unpaired) electrons. The maximum absolute atomic E-state index is 12.9. The van der Waals surface area contributed by atoms with Crippen molar-refractivity contribution in [3.05, 3.63) is 57.6 Å². The normalized spacial score (nSPS) is 14.0. The monoisotopic (exact) mass is 423 g/mol. The summed E-state index contributed by atoms with van der Waals surface area (Å²) in [7, 11) is 1.29. The number of hydrogen-bond donors (Lipinski definition) is 1. The second kappa shape index (κ2) is 9.17. The topological polar surface area (TPSA) is 73.9 Å². The van der Waals surface area contributed by atoms with Gasteiger partial charge in [-0.15, -0.1) is 0 Å². The van der Waals surface area contributed by atoms with Gasteiger partial charge in [-0.25, -0.2) is 0 Å². The summed E-state index contributed by atoms with van der Waals surface area (Å²) < 4.78 is 16.0. The molecule has 1 amide bonds. The van der Waals surface area contributed by atoms with Gasteiger partial charge in [-0.1, -0.05) is 41.4 Å². The highest BCUT2D eigenvalue weighted by molar-refractivity contribution is 6.32. The maximum atomic E-state index is 12.9. The Morgan fingerprint density at radius 1 is 1.14 bits per heavy atom. The van der Waals surface area contributed by atoms with Crippen molar-refractivity contribution in [2.75, 3.05) is 20.3 Å². The van der Waals surface area contributed by atoms with Gasteiger partial charge in [0.1, 0.15) is 0 Å². The Morgan fingerprint density at radius 3 is 2.64 bits per heavy atom. The predicted molar refractivity (Wildman–Crippen MR) is 105 cm³/mol. The summed E-state index contributed by atoms with van der Waals surface area (Å²) in [6.07, 6.45) is 0.657. The molecule has 1 N–H and O–H groups in total. The number of esters is 1. The number of amides is 1. The first-order chi connectivity index (χ1) is 13.5. The number of nitrogens with one attached hydrogen (secondary N) is 1. The van der Waals surface area contributed by atoms with E-state index in [0.29, 0.717) is 35.3 Å². The smallest absolute Gasteiger partial charge is 0.307 e. The molecular formula is C20H19Cl2NO5. The van der Waals surface area contributed by atoms with Gasteiger partial charge in [0.2, 0.25) is 0 Å². The number of benzene rings is 2. The van der Waals surface area contributed by atoms with E-state index < -0.39 is 17.9 Å². The Balaban J connectivity index is 1.88. The summed E-state index contributed by atoms with van der Waals surface area (Å²) >= 11 is 12.5. The third-order valence-corrected chi connectivity index (χ3v) is 4.87. The van der Waals surface area contributed by atoms with E-state index in [0.717, 1.165) is 6.42 Å². The van der Waals surface area contributed by atoms with Gasteiger partial charge in [0, 0.05) is 17.0 Å². The zero-order valence-electron chi connectivity index (χ0n) is 15.2. The van der Waals surface area contributed by atoms with Crippen molar-refractivity contribution < 1.29 is 23.8 Å². The number of rotatable bonds is 5. The fraction of sp³-hybridized carbons (Fsp3) is 0.300. The molecule has 28 heavy (non-hydrogen) atoms. The summed E-state index contributed by atoms with van der Waals surface area (Å²) in [5.74, 6) is -0.0568. The van der Waals surface area contributed by atoms with E-state index in [4.69, 9.17) is 37.4 Å². The molecule has 0 fully saturated rings. The lowest BCUT2D eigenvalue weighted by atomic mass is 10.0. The Bertz CT molecular complexity index is 887. The molecule has 3 rings (SSSR count). The van der Waals surface area contributed by atoms with E-state index >= 15 is 0 Å². The zero-order chi connectivity index (χ0) is 20.1. The van der Waals surface area contributed by atoms with Crippen LogP contribution < -0.4 is 14.8 Å². The Labute approximate surface area is 172 Å². The van der Waals surface area contributed by atoms with Crippen molar-refractivity contribution in [1.29, 1.82) is 0 Å². The van der Waals surface area contributed by atoms with Crippen LogP contribution in [-0.4, -0.2) is 32.2 Å². The van der Waals surface area contributed by atoms with Crippen LogP contribution in [0.5, 0.6) is 11.5 Å². The first-order valence-corrected chi connectivity index (χ1v) is 9.46. The van der Waals surface area contributed by atoms with Crippen LogP contribution in [0.1, 0.15) is 34.8 Å². The van der Waals surface area contributed by atoms with Crippen molar-refractivity contribution in [2.24, 2.45) is 0 Å².